The fraction of sp³-hybridized carbons (Fsp3) is 0.0714. The van der Waals surface area contributed by atoms with E-state index in [0.717, 1.165) is 5.56 Å². The van der Waals surface area contributed by atoms with Crippen molar-refractivity contribution in [2.24, 2.45) is 5.73 Å². The van der Waals surface area contributed by atoms with E-state index in [1.54, 1.807) is 18.2 Å². The number of nitrogens with two attached hydrogens (primary N) is 1. The summed E-state index contributed by atoms with van der Waals surface area (Å²) in [5.74, 6) is -0.535. The van der Waals surface area contributed by atoms with Crippen molar-refractivity contribution in [2.75, 3.05) is 6.54 Å². The number of halogens is 1. The van der Waals surface area contributed by atoms with Crippen LogP contribution in [-0.2, 0) is 0 Å². The molecule has 0 fully saturated rings. The van der Waals surface area contributed by atoms with Gasteiger partial charge in [0.1, 0.15) is 5.82 Å². The molecule has 0 saturated heterocycles. The Kier molecular flexibility index (Phi) is 3.30. The molecular weight excluding hydrogens is 217 g/mol. The Morgan fingerprint density at radius 2 is 1.82 bits per heavy atom. The van der Waals surface area contributed by atoms with Crippen LogP contribution < -0.4 is 5.73 Å². The van der Waals surface area contributed by atoms with Crippen molar-refractivity contribution in [3.63, 3.8) is 0 Å². The zero-order chi connectivity index (χ0) is 12.3. The van der Waals surface area contributed by atoms with Gasteiger partial charge in [0.2, 0.25) is 0 Å². The summed E-state index contributed by atoms with van der Waals surface area (Å²) >= 11 is 0. The van der Waals surface area contributed by atoms with E-state index in [2.05, 4.69) is 0 Å². The van der Waals surface area contributed by atoms with Crippen LogP contribution in [0.1, 0.15) is 10.4 Å². The van der Waals surface area contributed by atoms with Gasteiger partial charge in [-0.05, 0) is 23.8 Å². The van der Waals surface area contributed by atoms with E-state index in [1.165, 1.54) is 12.1 Å². The van der Waals surface area contributed by atoms with E-state index in [-0.39, 0.29) is 18.1 Å². The molecule has 0 amide bonds. The lowest BCUT2D eigenvalue weighted by molar-refractivity contribution is 0.100. The highest BCUT2D eigenvalue weighted by Crippen LogP contribution is 2.23. The third kappa shape index (κ3) is 2.40. The average molecular weight is 229 g/mol. The lowest BCUT2D eigenvalue weighted by Gasteiger charge is -2.05. The van der Waals surface area contributed by atoms with Crippen molar-refractivity contribution in [1.82, 2.24) is 0 Å². The Morgan fingerprint density at radius 1 is 1.12 bits per heavy atom. The summed E-state index contributed by atoms with van der Waals surface area (Å²) in [6, 6.07) is 13.4. The molecule has 0 aliphatic carbocycles. The fourth-order valence-electron chi connectivity index (χ4n) is 1.66. The fourth-order valence-corrected chi connectivity index (χ4v) is 1.66. The van der Waals surface area contributed by atoms with Crippen LogP contribution in [0, 0.1) is 5.82 Å². The zero-order valence-electron chi connectivity index (χ0n) is 9.19. The number of Topliss-reactive ketones (excluding diaryl/α,β-unsaturated/α-hetero) is 1. The molecule has 86 valence electrons. The van der Waals surface area contributed by atoms with Gasteiger partial charge in [-0.2, -0.15) is 0 Å². The maximum atomic E-state index is 13.7. The Labute approximate surface area is 98.9 Å². The van der Waals surface area contributed by atoms with E-state index in [1.807, 2.05) is 18.2 Å². The summed E-state index contributed by atoms with van der Waals surface area (Å²) in [7, 11) is 0. The first-order valence-corrected chi connectivity index (χ1v) is 5.30. The molecule has 0 atom stereocenters. The van der Waals surface area contributed by atoms with Crippen molar-refractivity contribution < 1.29 is 9.18 Å². The highest BCUT2D eigenvalue weighted by atomic mass is 19.1. The van der Waals surface area contributed by atoms with E-state index in [4.69, 9.17) is 5.73 Å². The van der Waals surface area contributed by atoms with Crippen LogP contribution in [0.5, 0.6) is 0 Å². The molecule has 0 aliphatic heterocycles. The highest BCUT2D eigenvalue weighted by Gasteiger charge is 2.09. The minimum Gasteiger partial charge on any atom is -0.324 e. The predicted molar refractivity (Wildman–Crippen MR) is 65.2 cm³/mol. The molecule has 0 heterocycles. The first kappa shape index (κ1) is 11.5. The zero-order valence-corrected chi connectivity index (χ0v) is 9.19. The molecule has 2 aromatic carbocycles. The van der Waals surface area contributed by atoms with Gasteiger partial charge in [0.25, 0.3) is 0 Å². The van der Waals surface area contributed by atoms with E-state index in [0.29, 0.717) is 11.1 Å². The number of hydrogen-bond donors (Lipinski definition) is 1. The van der Waals surface area contributed by atoms with Crippen LogP contribution in [-0.4, -0.2) is 12.3 Å². The van der Waals surface area contributed by atoms with E-state index >= 15 is 0 Å². The standard InChI is InChI=1S/C14H12FNO/c15-13-7-6-11(14(17)9-16)8-12(13)10-4-2-1-3-5-10/h1-8H,9,16H2. The lowest BCUT2D eigenvalue weighted by atomic mass is 10.0. The Hall–Kier alpha value is -2.00. The molecule has 0 unspecified atom stereocenters. The SMILES string of the molecule is NCC(=O)c1ccc(F)c(-c2ccccc2)c1. The van der Waals surface area contributed by atoms with Gasteiger partial charge in [-0.15, -0.1) is 0 Å². The first-order valence-electron chi connectivity index (χ1n) is 5.30. The molecule has 2 rings (SSSR count). The molecule has 2 N–H and O–H groups in total. The topological polar surface area (TPSA) is 43.1 Å². The minimum absolute atomic E-state index is 0.0696. The average Bonchev–Trinajstić information content (AvgIpc) is 2.39. The molecule has 2 nitrogen and oxygen atoms in total. The van der Waals surface area contributed by atoms with Crippen LogP contribution >= 0.6 is 0 Å². The number of benzene rings is 2. The second-order valence-electron chi connectivity index (χ2n) is 3.69. The largest absolute Gasteiger partial charge is 0.324 e. The first-order chi connectivity index (χ1) is 8.22. The number of hydrogen-bond acceptors (Lipinski definition) is 2. The van der Waals surface area contributed by atoms with Crippen molar-refractivity contribution in [2.45, 2.75) is 0 Å². The summed E-state index contributed by atoms with van der Waals surface area (Å²) in [6.45, 7) is -0.0696. The molecule has 2 aromatic rings. The molecule has 0 radical (unpaired) electrons. The summed E-state index contributed by atoms with van der Waals surface area (Å²) in [5, 5.41) is 0. The molecule has 0 bridgehead atoms. The normalized spacial score (nSPS) is 10.2. The molecule has 0 aromatic heterocycles. The van der Waals surface area contributed by atoms with Crippen LogP contribution in [0.3, 0.4) is 0 Å². The van der Waals surface area contributed by atoms with Crippen molar-refractivity contribution >= 4 is 5.78 Å². The van der Waals surface area contributed by atoms with Gasteiger partial charge in [0.15, 0.2) is 5.78 Å². The second-order valence-corrected chi connectivity index (χ2v) is 3.69. The van der Waals surface area contributed by atoms with Crippen LogP contribution in [0.25, 0.3) is 11.1 Å². The highest BCUT2D eigenvalue weighted by molar-refractivity contribution is 5.98. The van der Waals surface area contributed by atoms with Gasteiger partial charge in [-0.3, -0.25) is 4.79 Å². The van der Waals surface area contributed by atoms with Crippen LogP contribution in [0.4, 0.5) is 4.39 Å². The van der Waals surface area contributed by atoms with Gasteiger partial charge >= 0.3 is 0 Å². The molecule has 0 aliphatic rings. The Balaban J connectivity index is 2.50. The van der Waals surface area contributed by atoms with Crippen molar-refractivity contribution in [3.05, 3.63) is 59.9 Å². The molecule has 0 spiro atoms. The van der Waals surface area contributed by atoms with E-state index < -0.39 is 0 Å². The van der Waals surface area contributed by atoms with E-state index in [9.17, 15) is 9.18 Å². The number of ketones is 1. The Bertz CT molecular complexity index is 537. The maximum Gasteiger partial charge on any atom is 0.176 e. The van der Waals surface area contributed by atoms with Crippen molar-refractivity contribution in [1.29, 1.82) is 0 Å². The second kappa shape index (κ2) is 4.89. The van der Waals surface area contributed by atoms with Gasteiger partial charge in [0, 0.05) is 11.1 Å². The van der Waals surface area contributed by atoms with Crippen molar-refractivity contribution in [3.8, 4) is 11.1 Å². The summed E-state index contributed by atoms with van der Waals surface area (Å²) in [6.07, 6.45) is 0. The summed E-state index contributed by atoms with van der Waals surface area (Å²) < 4.78 is 13.7. The predicted octanol–water partition coefficient (Wildman–Crippen LogP) is 2.63. The molecule has 0 saturated carbocycles. The van der Waals surface area contributed by atoms with Crippen LogP contribution in [0.2, 0.25) is 0 Å². The monoisotopic (exact) mass is 229 g/mol. The minimum atomic E-state index is -0.343. The smallest absolute Gasteiger partial charge is 0.176 e. The number of carbonyl (C=O) groups is 1. The summed E-state index contributed by atoms with van der Waals surface area (Å²) in [4.78, 5) is 11.5. The van der Waals surface area contributed by atoms with Crippen LogP contribution in [0.15, 0.2) is 48.5 Å². The number of rotatable bonds is 3. The Morgan fingerprint density at radius 3 is 2.47 bits per heavy atom. The van der Waals surface area contributed by atoms with Gasteiger partial charge in [-0.25, -0.2) is 4.39 Å². The maximum absolute atomic E-state index is 13.7. The third-order valence-corrected chi connectivity index (χ3v) is 2.56. The molecule has 17 heavy (non-hydrogen) atoms. The summed E-state index contributed by atoms with van der Waals surface area (Å²) in [5.41, 5.74) is 6.89. The van der Waals surface area contributed by atoms with Gasteiger partial charge < -0.3 is 5.73 Å². The third-order valence-electron chi connectivity index (χ3n) is 2.56. The van der Waals surface area contributed by atoms with Gasteiger partial charge in [0.05, 0.1) is 6.54 Å². The molecular formula is C14H12FNO. The lowest BCUT2D eigenvalue weighted by Crippen LogP contribution is -2.13. The molecule has 3 heteroatoms. The number of carbonyl (C=O) groups excluding carboxylic acids is 1. The van der Waals surface area contributed by atoms with Gasteiger partial charge in [-0.1, -0.05) is 30.3 Å². The quantitative estimate of drug-likeness (QED) is 0.822.